The SMILES string of the molecule is N=C1c2ccccc2C2=NC3=N/C(=N\c4c5ccccc5c(/N=C5\N=Cc6ccccc65)[n]4[Al]([Cl])[N]12)c1ccccc13. The second kappa shape index (κ2) is 8.78. The van der Waals surface area contributed by atoms with Crippen molar-refractivity contribution < 1.29 is 0 Å². The van der Waals surface area contributed by atoms with Gasteiger partial charge in [-0.05, 0) is 0 Å². The maximum atomic E-state index is 9.27. The van der Waals surface area contributed by atoms with Crippen LogP contribution in [0.2, 0.25) is 0 Å². The Morgan fingerprint density at radius 1 is 0.667 bits per heavy atom. The number of nitrogens with one attached hydrogen (secondary N) is 1. The molecule has 2 bridgehead atoms. The monoisotopic (exact) mass is 576 g/mol. The van der Waals surface area contributed by atoms with Crippen LogP contribution in [0, 0.1) is 5.41 Å². The Morgan fingerprint density at radius 3 is 2.07 bits per heavy atom. The zero-order valence-electron chi connectivity index (χ0n) is 21.9. The van der Waals surface area contributed by atoms with Gasteiger partial charge in [0, 0.05) is 50.4 Å². The molecule has 4 aliphatic rings. The summed E-state index contributed by atoms with van der Waals surface area (Å²) in [6.07, 6.45) is 1.84. The number of fused-ring (bicyclic) bond motifs is 11. The lowest BCUT2D eigenvalue weighted by Gasteiger charge is -2.24. The zero-order chi connectivity index (χ0) is 27.9. The third-order valence-electron chi connectivity index (χ3n) is 7.97. The Bertz CT molecular complexity index is 2210. The van der Waals surface area contributed by atoms with Gasteiger partial charge < -0.3 is 7.43 Å². The number of hydrogen-bond acceptors (Lipinski definition) is 5. The molecular weight excluding hydrogens is 559 g/mol. The number of benzene rings is 4. The van der Waals surface area contributed by atoms with Crippen LogP contribution < -0.4 is 0 Å². The van der Waals surface area contributed by atoms with E-state index in [1.165, 1.54) is 0 Å². The largest absolute Gasteiger partial charge is 0.722 e. The zero-order valence-corrected chi connectivity index (χ0v) is 23.8. The van der Waals surface area contributed by atoms with E-state index >= 15 is 0 Å². The smallest absolute Gasteiger partial charge is 0.370 e. The van der Waals surface area contributed by atoms with Gasteiger partial charge in [0.25, 0.3) is 0 Å². The molecule has 10 heteroatoms. The molecule has 5 aromatic rings. The summed E-state index contributed by atoms with van der Waals surface area (Å²) in [6, 6.07) is 31.9. The van der Waals surface area contributed by atoms with Crippen molar-refractivity contribution in [2.45, 2.75) is 0 Å². The number of halogens is 1. The van der Waals surface area contributed by atoms with Crippen LogP contribution in [0.1, 0.15) is 33.4 Å². The molecule has 8 nitrogen and oxygen atoms in total. The fourth-order valence-electron chi connectivity index (χ4n) is 6.02. The molecule has 4 aromatic carbocycles. The van der Waals surface area contributed by atoms with E-state index in [9.17, 15) is 5.41 Å². The summed E-state index contributed by atoms with van der Waals surface area (Å²) in [5.74, 6) is 3.98. The highest BCUT2D eigenvalue weighted by Gasteiger charge is 2.46. The molecule has 0 radical (unpaired) electrons. The van der Waals surface area contributed by atoms with Crippen LogP contribution in [-0.4, -0.2) is 56.5 Å². The number of rotatable bonds is 1. The van der Waals surface area contributed by atoms with Gasteiger partial charge in [-0.1, -0.05) is 97.1 Å². The van der Waals surface area contributed by atoms with Crippen molar-refractivity contribution in [2.24, 2.45) is 25.0 Å². The number of nitrogens with zero attached hydrogens (tertiary/aromatic N) is 7. The molecule has 196 valence electrons. The van der Waals surface area contributed by atoms with Crippen molar-refractivity contribution in [3.63, 3.8) is 0 Å². The van der Waals surface area contributed by atoms with Crippen LogP contribution in [0.4, 0.5) is 11.6 Å². The molecule has 0 amide bonds. The quantitative estimate of drug-likeness (QED) is 0.238. The predicted octanol–water partition coefficient (Wildman–Crippen LogP) is 6.16. The maximum Gasteiger partial charge on any atom is 0.722 e. The molecule has 0 saturated heterocycles. The minimum absolute atomic E-state index is 0.305. The van der Waals surface area contributed by atoms with Crippen LogP contribution in [-0.2, 0) is 0 Å². The first kappa shape index (κ1) is 23.7. The molecule has 0 aliphatic carbocycles. The van der Waals surface area contributed by atoms with Crippen molar-refractivity contribution in [2.75, 3.05) is 0 Å². The number of aliphatic imine (C=N–C) groups is 5. The molecule has 1 N–H and O–H groups in total. The average Bonchev–Trinajstić information content (AvgIpc) is 3.75. The first-order chi connectivity index (χ1) is 20.7. The average molecular weight is 577 g/mol. The normalized spacial score (nSPS) is 18.3. The van der Waals surface area contributed by atoms with Crippen molar-refractivity contribution in [1.82, 2.24) is 7.43 Å². The van der Waals surface area contributed by atoms with E-state index in [2.05, 4.69) is 4.99 Å². The van der Waals surface area contributed by atoms with E-state index in [1.54, 1.807) is 0 Å². The summed E-state index contributed by atoms with van der Waals surface area (Å²) in [7, 11) is 7.61. The first-order valence-electron chi connectivity index (χ1n) is 13.5. The van der Waals surface area contributed by atoms with Gasteiger partial charge in [0.15, 0.2) is 17.5 Å². The molecular formula is C32H18AlClN8. The van der Waals surface area contributed by atoms with Crippen LogP contribution in [0.25, 0.3) is 10.8 Å². The predicted molar refractivity (Wildman–Crippen MR) is 170 cm³/mol. The highest BCUT2D eigenvalue weighted by Crippen LogP contribution is 2.42. The summed E-state index contributed by atoms with van der Waals surface area (Å²) < 4.78 is 3.88. The second-order valence-corrected chi connectivity index (χ2v) is 13.1. The summed E-state index contributed by atoms with van der Waals surface area (Å²) in [5.41, 5.74) is 5.41. The third-order valence-corrected chi connectivity index (χ3v) is 11.0. The van der Waals surface area contributed by atoms with Crippen LogP contribution in [0.5, 0.6) is 0 Å². The molecule has 0 fully saturated rings. The molecule has 0 spiro atoms. The van der Waals surface area contributed by atoms with E-state index < -0.39 is 13.7 Å². The van der Waals surface area contributed by atoms with Gasteiger partial charge in [0.05, 0.1) is 0 Å². The second-order valence-electron chi connectivity index (χ2n) is 10.3. The molecule has 5 heterocycles. The molecule has 9 rings (SSSR count). The molecule has 1 aromatic heterocycles. The lowest BCUT2D eigenvalue weighted by atomic mass is 10.1. The van der Waals surface area contributed by atoms with Gasteiger partial charge in [-0.3, -0.25) is 5.41 Å². The lowest BCUT2D eigenvalue weighted by molar-refractivity contribution is 0.915. The number of hydrogen-bond donors (Lipinski definition) is 1. The summed E-state index contributed by atoms with van der Waals surface area (Å²) in [4.78, 5) is 25.0. The van der Waals surface area contributed by atoms with Gasteiger partial charge in [0.1, 0.15) is 23.3 Å². The number of amidine groups is 5. The van der Waals surface area contributed by atoms with Gasteiger partial charge in [-0.15, -0.1) is 0 Å². The summed E-state index contributed by atoms with van der Waals surface area (Å²) >= 11 is -2.81. The standard InChI is InChI=1S/C32H18N8.Al.ClH/c33-26-20-11-3-4-12-21(20)28(35-26)37-30-24-15-7-8-16-25(24)32(39-30)40-31-23-14-6-5-13-22(23)29(38-31)36-27-19-10-2-1-9-18(19)17-34-27;;/h1-17H,(H-,33,35,37,39,40);;1H/q-2;+3;/p-1/b36-27-;;. The van der Waals surface area contributed by atoms with E-state index in [4.69, 9.17) is 30.0 Å². The highest BCUT2D eigenvalue weighted by atomic mass is 35.6. The Balaban J connectivity index is 1.39. The van der Waals surface area contributed by atoms with Crippen molar-refractivity contribution >= 4 is 81.5 Å². The molecule has 0 unspecified atom stereocenters. The van der Waals surface area contributed by atoms with E-state index in [0.717, 1.165) is 44.2 Å². The summed E-state index contributed by atoms with van der Waals surface area (Å²) in [5, 5.41) is 11.1. The van der Waals surface area contributed by atoms with Crippen LogP contribution >= 0.6 is 10.0 Å². The van der Waals surface area contributed by atoms with Gasteiger partial charge in [-0.25, -0.2) is 25.0 Å². The third kappa shape index (κ3) is 3.24. The van der Waals surface area contributed by atoms with E-state index in [-0.39, 0.29) is 0 Å². The fourth-order valence-corrected chi connectivity index (χ4v) is 8.92. The number of aromatic nitrogens is 1. The van der Waals surface area contributed by atoms with Crippen molar-refractivity contribution in [3.8, 4) is 0 Å². The van der Waals surface area contributed by atoms with Gasteiger partial charge >= 0.3 is 13.7 Å². The van der Waals surface area contributed by atoms with Crippen molar-refractivity contribution in [3.05, 3.63) is 130 Å². The topological polar surface area (TPSA) is 93.8 Å². The van der Waals surface area contributed by atoms with Crippen molar-refractivity contribution in [1.29, 1.82) is 5.41 Å². The lowest BCUT2D eigenvalue weighted by Crippen LogP contribution is -2.45. The first-order valence-corrected chi connectivity index (χ1v) is 16.3. The van der Waals surface area contributed by atoms with Crippen LogP contribution in [0.15, 0.2) is 122 Å². The van der Waals surface area contributed by atoms with Crippen LogP contribution in [0.3, 0.4) is 0 Å². The Morgan fingerprint density at radius 2 is 1.29 bits per heavy atom. The molecule has 0 atom stereocenters. The highest BCUT2D eigenvalue weighted by molar-refractivity contribution is 7.07. The minimum atomic E-state index is -2.81. The molecule has 42 heavy (non-hydrogen) atoms. The summed E-state index contributed by atoms with van der Waals surface area (Å²) in [6.45, 7) is 0. The van der Waals surface area contributed by atoms with Gasteiger partial charge in [0.2, 0.25) is 0 Å². The Hall–Kier alpha value is -4.94. The fraction of sp³-hybridized carbons (Fsp3) is 0. The van der Waals surface area contributed by atoms with E-state index in [1.807, 2.05) is 111 Å². The Labute approximate surface area is 248 Å². The maximum absolute atomic E-state index is 9.27. The molecule has 4 aliphatic heterocycles. The van der Waals surface area contributed by atoms with E-state index in [0.29, 0.717) is 40.8 Å². The van der Waals surface area contributed by atoms with Gasteiger partial charge in [-0.2, -0.15) is 10.0 Å². The molecule has 0 saturated carbocycles. The minimum Gasteiger partial charge on any atom is -0.370 e. The Kier molecular flexibility index (Phi) is 4.96.